The van der Waals surface area contributed by atoms with Crippen LogP contribution >= 0.6 is 15.6 Å². The summed E-state index contributed by atoms with van der Waals surface area (Å²) in [5, 5.41) is 8.07. The summed E-state index contributed by atoms with van der Waals surface area (Å²) in [6.45, 7) is 3.33. The van der Waals surface area contributed by atoms with E-state index in [0.717, 1.165) is 12.8 Å². The maximum Gasteiger partial charge on any atom is 0.483 e. The smallest absolute Gasteiger partial charge is 0.462 e. The van der Waals surface area contributed by atoms with Crippen molar-refractivity contribution in [2.45, 2.75) is 45.4 Å². The van der Waals surface area contributed by atoms with Crippen LogP contribution in [0.1, 0.15) is 66.2 Å². The number of benzene rings is 1. The van der Waals surface area contributed by atoms with Gasteiger partial charge in [0.05, 0.1) is 37.6 Å². The van der Waals surface area contributed by atoms with Gasteiger partial charge in [0.25, 0.3) is 0 Å². The first kappa shape index (κ1) is 30.4. The summed E-state index contributed by atoms with van der Waals surface area (Å²) in [5.41, 5.74) is 0.911. The first-order valence-corrected chi connectivity index (χ1v) is 13.8. The number of aliphatic hydroxyl groups is 1. The molecule has 14 heteroatoms. The van der Waals surface area contributed by atoms with E-state index in [0.29, 0.717) is 56.6 Å². The Hall–Kier alpha value is -1.62. The SMILES string of the molecule is CCCCO.O=C1OCCCCOC(=O)c2ccc1cc2.O=P(O)(O)OP1(=O)OCCCCO1. The van der Waals surface area contributed by atoms with Gasteiger partial charge in [-0.1, -0.05) is 13.3 Å². The molecule has 1 aromatic carbocycles. The Labute approximate surface area is 198 Å². The van der Waals surface area contributed by atoms with E-state index in [-0.39, 0.29) is 25.2 Å². The molecule has 0 aromatic heterocycles. The molecule has 1 aromatic rings. The van der Waals surface area contributed by atoms with Crippen LogP contribution in [0.4, 0.5) is 0 Å². The minimum absolute atomic E-state index is 0.108. The molecule has 0 aliphatic carbocycles. The summed E-state index contributed by atoms with van der Waals surface area (Å²) in [5.74, 6) is -0.694. The van der Waals surface area contributed by atoms with E-state index in [4.69, 9.17) is 24.4 Å². The Morgan fingerprint density at radius 2 is 1.29 bits per heavy atom. The summed E-state index contributed by atoms with van der Waals surface area (Å²) in [4.78, 5) is 39.7. The Morgan fingerprint density at radius 3 is 1.62 bits per heavy atom. The third kappa shape index (κ3) is 13.3. The molecule has 4 rings (SSSR count). The van der Waals surface area contributed by atoms with Crippen LogP contribution in [0.3, 0.4) is 0 Å². The fourth-order valence-corrected chi connectivity index (χ4v) is 4.57. The van der Waals surface area contributed by atoms with Gasteiger partial charge in [-0.25, -0.2) is 18.7 Å². The number of aliphatic hydroxyl groups excluding tert-OH is 1. The lowest BCUT2D eigenvalue weighted by molar-refractivity contribution is 0.0427. The van der Waals surface area contributed by atoms with Gasteiger partial charge in [-0.15, -0.1) is 0 Å². The van der Waals surface area contributed by atoms with Gasteiger partial charge in [0, 0.05) is 6.61 Å². The number of fused-ring (bicyclic) bond motifs is 9. The van der Waals surface area contributed by atoms with Crippen LogP contribution in [0.15, 0.2) is 24.3 Å². The van der Waals surface area contributed by atoms with Crippen molar-refractivity contribution in [1.82, 2.24) is 0 Å². The van der Waals surface area contributed by atoms with Gasteiger partial charge in [0.15, 0.2) is 0 Å². The van der Waals surface area contributed by atoms with Crippen LogP contribution in [0, 0.1) is 0 Å². The Balaban J connectivity index is 0.000000289. The average molecular weight is 526 g/mol. The van der Waals surface area contributed by atoms with Crippen LogP contribution in [0.25, 0.3) is 0 Å². The van der Waals surface area contributed by atoms with E-state index in [1.165, 1.54) is 0 Å². The molecule has 12 nitrogen and oxygen atoms in total. The molecule has 2 bridgehead atoms. The molecule has 3 aliphatic heterocycles. The molecule has 0 amide bonds. The van der Waals surface area contributed by atoms with E-state index < -0.39 is 15.6 Å². The highest BCUT2D eigenvalue weighted by atomic mass is 31.3. The molecule has 3 N–H and O–H groups in total. The molecule has 1 fully saturated rings. The number of hydrogen-bond acceptors (Lipinski definition) is 10. The molecule has 3 aliphatic rings. The molecule has 194 valence electrons. The van der Waals surface area contributed by atoms with E-state index in [1.807, 2.05) is 0 Å². The summed E-state index contributed by atoms with van der Waals surface area (Å²) in [6, 6.07) is 6.28. The molecule has 0 radical (unpaired) electrons. The lowest BCUT2D eigenvalue weighted by Gasteiger charge is -2.14. The van der Waals surface area contributed by atoms with Crippen LogP contribution in [0.2, 0.25) is 0 Å². The normalized spacial score (nSPS) is 18.4. The highest BCUT2D eigenvalue weighted by molar-refractivity contribution is 7.61. The van der Waals surface area contributed by atoms with Crippen molar-refractivity contribution in [2.24, 2.45) is 0 Å². The van der Waals surface area contributed by atoms with Crippen LogP contribution in [0.5, 0.6) is 0 Å². The molecule has 3 heterocycles. The van der Waals surface area contributed by atoms with Crippen molar-refractivity contribution in [3.63, 3.8) is 0 Å². The quantitative estimate of drug-likeness (QED) is 0.384. The van der Waals surface area contributed by atoms with E-state index in [9.17, 15) is 18.7 Å². The lowest BCUT2D eigenvalue weighted by atomic mass is 10.1. The number of hydrogen-bond donors (Lipinski definition) is 3. The average Bonchev–Trinajstić information content (AvgIpc) is 2.99. The Kier molecular flexibility index (Phi) is 14.4. The second-order valence-electron chi connectivity index (χ2n) is 7.03. The number of ether oxygens (including phenoxy) is 2. The highest BCUT2D eigenvalue weighted by Crippen LogP contribution is 2.61. The zero-order valence-corrected chi connectivity index (χ0v) is 20.8. The van der Waals surface area contributed by atoms with Crippen LogP contribution in [-0.2, 0) is 32.0 Å². The number of unbranched alkanes of at least 4 members (excludes halogenated alkanes) is 1. The van der Waals surface area contributed by atoms with Crippen molar-refractivity contribution < 1.29 is 56.4 Å². The summed E-state index contributed by atoms with van der Waals surface area (Å²) in [7, 11) is -8.87. The number of phosphoric acid groups is 2. The number of rotatable bonds is 4. The Morgan fingerprint density at radius 1 is 0.882 bits per heavy atom. The predicted octanol–water partition coefficient (Wildman–Crippen LogP) is 3.60. The Bertz CT molecular complexity index is 783. The van der Waals surface area contributed by atoms with Crippen molar-refractivity contribution in [1.29, 1.82) is 0 Å². The molecule has 0 unspecified atom stereocenters. The van der Waals surface area contributed by atoms with Gasteiger partial charge in [0.1, 0.15) is 0 Å². The van der Waals surface area contributed by atoms with E-state index in [2.05, 4.69) is 20.3 Å². The fraction of sp³-hybridized carbons (Fsp3) is 0.600. The fourth-order valence-electron chi connectivity index (χ4n) is 2.37. The zero-order chi connectivity index (χ0) is 25.5. The van der Waals surface area contributed by atoms with Gasteiger partial charge in [-0.2, -0.15) is 4.31 Å². The second kappa shape index (κ2) is 16.1. The standard InChI is InChI=1S/C12H12O4.C4H10O7P2.C4H10O/c13-11-9-3-5-10(6-4-9)12(14)16-8-2-1-7-15-11;5-12(6,7)11-13(8)9-3-1-2-4-10-13;1-2-3-4-5/h3-6H,1-2,7-8H2;1-4H2,(H2,5,6,7);5H,2-4H2,1H3. The number of esters is 2. The monoisotopic (exact) mass is 526 g/mol. The van der Waals surface area contributed by atoms with Crippen molar-refractivity contribution in [3.05, 3.63) is 35.4 Å². The van der Waals surface area contributed by atoms with Gasteiger partial charge < -0.3 is 24.4 Å². The van der Waals surface area contributed by atoms with Crippen molar-refractivity contribution >= 4 is 27.6 Å². The third-order valence-electron chi connectivity index (χ3n) is 4.12. The van der Waals surface area contributed by atoms with Crippen LogP contribution in [-0.4, -0.2) is 59.9 Å². The first-order chi connectivity index (χ1) is 16.1. The summed E-state index contributed by atoms with van der Waals surface area (Å²) in [6.07, 6.45) is 4.68. The molecule has 1 saturated heterocycles. The number of carbonyl (C=O) groups excluding carboxylic acids is 2. The minimum atomic E-state index is -4.83. The lowest BCUT2D eigenvalue weighted by Crippen LogP contribution is -2.12. The molecule has 0 atom stereocenters. The largest absolute Gasteiger partial charge is 0.483 e. The zero-order valence-electron chi connectivity index (χ0n) is 19.0. The van der Waals surface area contributed by atoms with Crippen LogP contribution < -0.4 is 0 Å². The van der Waals surface area contributed by atoms with Crippen molar-refractivity contribution in [3.8, 4) is 0 Å². The molecule has 0 saturated carbocycles. The minimum Gasteiger partial charge on any atom is -0.462 e. The molecule has 0 spiro atoms. The number of carbonyl (C=O) groups is 2. The topological polar surface area (TPSA) is 175 Å². The van der Waals surface area contributed by atoms with Crippen molar-refractivity contribution in [2.75, 3.05) is 33.0 Å². The molecular formula is C20H32O12P2. The predicted molar refractivity (Wildman–Crippen MR) is 120 cm³/mol. The maximum atomic E-state index is 11.5. The third-order valence-corrected chi connectivity index (χ3v) is 6.77. The van der Waals surface area contributed by atoms with Gasteiger partial charge in [0.2, 0.25) is 0 Å². The van der Waals surface area contributed by atoms with E-state index in [1.54, 1.807) is 24.3 Å². The first-order valence-electron chi connectivity index (χ1n) is 10.8. The van der Waals surface area contributed by atoms with E-state index >= 15 is 0 Å². The summed E-state index contributed by atoms with van der Waals surface area (Å²) >= 11 is 0. The second-order valence-corrected chi connectivity index (χ2v) is 10.1. The number of phosphoric ester groups is 1. The summed E-state index contributed by atoms with van der Waals surface area (Å²) < 4.78 is 44.8. The van der Waals surface area contributed by atoms with Gasteiger partial charge in [-0.3, -0.25) is 9.05 Å². The highest BCUT2D eigenvalue weighted by Gasteiger charge is 2.36. The molecule has 34 heavy (non-hydrogen) atoms. The maximum absolute atomic E-state index is 11.5. The molecular weight excluding hydrogens is 494 g/mol. The van der Waals surface area contributed by atoms with Gasteiger partial charge in [-0.05, 0) is 56.4 Å². The van der Waals surface area contributed by atoms with Gasteiger partial charge >= 0.3 is 27.6 Å².